The van der Waals surface area contributed by atoms with Gasteiger partial charge in [0.05, 0.1) is 40.3 Å². The van der Waals surface area contributed by atoms with Gasteiger partial charge in [-0.15, -0.1) is 0 Å². The molecular formula is C64H117NO8. The summed E-state index contributed by atoms with van der Waals surface area (Å²) in [5.41, 5.74) is 0. The van der Waals surface area contributed by atoms with Gasteiger partial charge >= 0.3 is 11.9 Å². The number of carboxylic acids is 1. The minimum atomic E-state index is -1.62. The Bertz CT molecular complexity index is 1340. The molecule has 0 bridgehead atoms. The lowest BCUT2D eigenvalue weighted by atomic mass is 10.0. The summed E-state index contributed by atoms with van der Waals surface area (Å²) in [6.07, 6.45) is 66.0. The average molecular weight is 1030 g/mol. The third kappa shape index (κ3) is 56.8. The Morgan fingerprint density at radius 3 is 1.11 bits per heavy atom. The first-order chi connectivity index (χ1) is 35.6. The number of ether oxygens (including phenoxy) is 4. The second-order valence-electron chi connectivity index (χ2n) is 22.0. The highest BCUT2D eigenvalue weighted by atomic mass is 16.7. The van der Waals surface area contributed by atoms with Crippen molar-refractivity contribution in [1.82, 2.24) is 0 Å². The van der Waals surface area contributed by atoms with E-state index in [2.05, 4.69) is 62.5 Å². The summed E-state index contributed by atoms with van der Waals surface area (Å²) < 4.78 is 22.7. The minimum Gasteiger partial charge on any atom is -0.545 e. The standard InChI is InChI=1S/C64H117NO8/c1-6-8-10-12-14-16-18-20-22-24-25-26-27-28-29-30-31-32-33-34-35-36-37-39-41-43-45-47-49-51-53-55-62(67)73-60(59-72-64(63(68)69)70-57-56-65(3,4)5)58-71-61(66)54-52-50-48-46-44-42-40-38-23-21-19-17-15-13-11-9-7-2/h18,20-21,23-25,27-28,60,64H,6-17,19,22,26,29-59H2,1-5H3/b20-18-,23-21-,25-24-,28-27-. The van der Waals surface area contributed by atoms with E-state index >= 15 is 0 Å². The molecule has 0 fully saturated rings. The monoisotopic (exact) mass is 1030 g/mol. The van der Waals surface area contributed by atoms with Gasteiger partial charge in [0, 0.05) is 12.8 Å². The number of likely N-dealkylation sites (N-methyl/N-ethyl adjacent to an activating group) is 1. The molecule has 0 aliphatic rings. The first-order valence-corrected chi connectivity index (χ1v) is 30.8. The summed E-state index contributed by atoms with van der Waals surface area (Å²) in [5.74, 6) is -2.28. The van der Waals surface area contributed by atoms with Crippen molar-refractivity contribution in [3.63, 3.8) is 0 Å². The first kappa shape index (κ1) is 70.2. The molecule has 0 aromatic heterocycles. The molecule has 0 N–H and O–H groups in total. The lowest BCUT2D eigenvalue weighted by Crippen LogP contribution is -2.44. The zero-order valence-corrected chi connectivity index (χ0v) is 48.5. The van der Waals surface area contributed by atoms with Gasteiger partial charge in [0.2, 0.25) is 0 Å². The van der Waals surface area contributed by atoms with Crippen molar-refractivity contribution in [2.75, 3.05) is 47.5 Å². The highest BCUT2D eigenvalue weighted by Gasteiger charge is 2.22. The maximum absolute atomic E-state index is 12.9. The number of aliphatic carboxylic acids is 1. The van der Waals surface area contributed by atoms with Crippen LogP contribution in [0.5, 0.6) is 0 Å². The molecule has 0 amide bonds. The molecule has 2 atom stereocenters. The Kier molecular flexibility index (Phi) is 53.4. The van der Waals surface area contributed by atoms with E-state index in [1.165, 1.54) is 199 Å². The molecule has 0 aromatic carbocycles. The topological polar surface area (TPSA) is 111 Å². The predicted molar refractivity (Wildman–Crippen MR) is 306 cm³/mol. The minimum absolute atomic E-state index is 0.147. The maximum atomic E-state index is 12.9. The molecule has 0 rings (SSSR count). The Hall–Kier alpha value is -2.75. The van der Waals surface area contributed by atoms with Gasteiger partial charge in [-0.05, 0) is 77.0 Å². The Balaban J connectivity index is 4.14. The SMILES string of the molecule is CCCCCCC/C=C\C/C=C\C/C=C\CCCCCCCCCCCCCCCCCCC(=O)OC(COC(=O)CCCCCCCCC/C=C\CCCCCCCC)COC(OCC[N+](C)(C)C)C(=O)[O-]. The Labute approximate surface area is 451 Å². The first-order valence-electron chi connectivity index (χ1n) is 30.8. The van der Waals surface area contributed by atoms with Crippen molar-refractivity contribution in [2.24, 2.45) is 0 Å². The van der Waals surface area contributed by atoms with E-state index < -0.39 is 24.3 Å². The number of hydrogen-bond acceptors (Lipinski definition) is 8. The number of allylic oxidation sites excluding steroid dienone is 8. The third-order valence-electron chi connectivity index (χ3n) is 13.5. The summed E-state index contributed by atoms with van der Waals surface area (Å²) in [7, 11) is 5.93. The quantitative estimate of drug-likeness (QED) is 0.0195. The van der Waals surface area contributed by atoms with Crippen LogP contribution >= 0.6 is 0 Å². The fourth-order valence-corrected chi connectivity index (χ4v) is 8.78. The molecule has 9 heteroatoms. The zero-order valence-electron chi connectivity index (χ0n) is 48.5. The van der Waals surface area contributed by atoms with Crippen molar-refractivity contribution in [3.05, 3.63) is 48.6 Å². The van der Waals surface area contributed by atoms with Crippen molar-refractivity contribution < 1.29 is 42.9 Å². The molecule has 73 heavy (non-hydrogen) atoms. The van der Waals surface area contributed by atoms with E-state index in [-0.39, 0.29) is 38.6 Å². The normalized spacial score (nSPS) is 13.1. The largest absolute Gasteiger partial charge is 0.545 e. The second kappa shape index (κ2) is 55.5. The van der Waals surface area contributed by atoms with E-state index in [9.17, 15) is 19.5 Å². The van der Waals surface area contributed by atoms with Crippen LogP contribution in [0.1, 0.15) is 284 Å². The number of esters is 2. The van der Waals surface area contributed by atoms with Crippen LogP contribution in [-0.4, -0.2) is 82.3 Å². The van der Waals surface area contributed by atoms with E-state index in [1.54, 1.807) is 0 Å². The fraction of sp³-hybridized carbons (Fsp3) is 0.828. The van der Waals surface area contributed by atoms with Gasteiger partial charge in [0.25, 0.3) is 0 Å². The number of carbonyl (C=O) groups is 3. The molecule has 0 heterocycles. The summed E-state index contributed by atoms with van der Waals surface area (Å²) >= 11 is 0. The van der Waals surface area contributed by atoms with Gasteiger partial charge < -0.3 is 33.3 Å². The van der Waals surface area contributed by atoms with Gasteiger partial charge in [0.1, 0.15) is 13.2 Å². The highest BCUT2D eigenvalue weighted by Crippen LogP contribution is 2.17. The van der Waals surface area contributed by atoms with Crippen molar-refractivity contribution in [2.45, 2.75) is 296 Å². The third-order valence-corrected chi connectivity index (χ3v) is 13.5. The van der Waals surface area contributed by atoms with Crippen LogP contribution in [0, 0.1) is 0 Å². The molecule has 0 radical (unpaired) electrons. The van der Waals surface area contributed by atoms with Crippen LogP contribution < -0.4 is 5.11 Å². The highest BCUT2D eigenvalue weighted by molar-refractivity contribution is 5.70. The number of unbranched alkanes of at least 4 members (excludes halogenated alkanes) is 34. The number of rotatable bonds is 57. The molecule has 0 spiro atoms. The molecular weight excluding hydrogens is 911 g/mol. The van der Waals surface area contributed by atoms with Crippen LogP contribution in [0.15, 0.2) is 48.6 Å². The molecule has 0 aliphatic heterocycles. The maximum Gasteiger partial charge on any atom is 0.306 e. The smallest absolute Gasteiger partial charge is 0.306 e. The van der Waals surface area contributed by atoms with E-state index in [1.807, 2.05) is 21.1 Å². The van der Waals surface area contributed by atoms with Gasteiger partial charge in [-0.2, -0.15) is 0 Å². The molecule has 2 unspecified atom stereocenters. The second-order valence-corrected chi connectivity index (χ2v) is 22.0. The zero-order chi connectivity index (χ0) is 53.4. The number of carboxylic acid groups (broad SMARTS) is 1. The van der Waals surface area contributed by atoms with Crippen LogP contribution in [0.2, 0.25) is 0 Å². The lowest BCUT2D eigenvalue weighted by Gasteiger charge is -2.26. The van der Waals surface area contributed by atoms with Crippen molar-refractivity contribution in [3.8, 4) is 0 Å². The van der Waals surface area contributed by atoms with Gasteiger partial charge in [-0.3, -0.25) is 9.59 Å². The Morgan fingerprint density at radius 1 is 0.411 bits per heavy atom. The van der Waals surface area contributed by atoms with Crippen LogP contribution in [0.25, 0.3) is 0 Å². The van der Waals surface area contributed by atoms with Crippen LogP contribution in [0.4, 0.5) is 0 Å². The van der Waals surface area contributed by atoms with E-state index in [0.29, 0.717) is 17.4 Å². The summed E-state index contributed by atoms with van der Waals surface area (Å²) in [5, 5.41) is 11.8. The molecule has 0 aliphatic carbocycles. The van der Waals surface area contributed by atoms with Crippen molar-refractivity contribution in [1.29, 1.82) is 0 Å². The summed E-state index contributed by atoms with van der Waals surface area (Å²) in [6, 6.07) is 0. The summed E-state index contributed by atoms with van der Waals surface area (Å²) in [6.45, 7) is 4.76. The number of hydrogen-bond donors (Lipinski definition) is 0. The molecule has 0 saturated carbocycles. The van der Waals surface area contributed by atoms with Gasteiger partial charge in [-0.1, -0.05) is 242 Å². The van der Waals surface area contributed by atoms with Gasteiger partial charge in [-0.25, -0.2) is 0 Å². The van der Waals surface area contributed by atoms with E-state index in [4.69, 9.17) is 18.9 Å². The van der Waals surface area contributed by atoms with Crippen molar-refractivity contribution >= 4 is 17.9 Å². The number of quaternary nitrogens is 1. The van der Waals surface area contributed by atoms with Crippen LogP contribution in [-0.2, 0) is 33.3 Å². The number of nitrogens with zero attached hydrogens (tertiary/aromatic N) is 1. The molecule has 426 valence electrons. The van der Waals surface area contributed by atoms with E-state index in [0.717, 1.165) is 51.4 Å². The van der Waals surface area contributed by atoms with Crippen LogP contribution in [0.3, 0.4) is 0 Å². The molecule has 9 nitrogen and oxygen atoms in total. The average Bonchev–Trinajstić information content (AvgIpc) is 3.36. The van der Waals surface area contributed by atoms with Gasteiger partial charge in [0.15, 0.2) is 12.4 Å². The molecule has 0 aromatic rings. The molecule has 0 saturated heterocycles. The summed E-state index contributed by atoms with van der Waals surface area (Å²) in [4.78, 5) is 37.3. The number of carbonyl (C=O) groups excluding carboxylic acids is 3. The Morgan fingerprint density at radius 2 is 0.740 bits per heavy atom. The fourth-order valence-electron chi connectivity index (χ4n) is 8.78. The lowest BCUT2D eigenvalue weighted by molar-refractivity contribution is -0.870. The predicted octanol–water partition coefficient (Wildman–Crippen LogP) is 16.9.